The van der Waals surface area contributed by atoms with Gasteiger partial charge in [-0.15, -0.1) is 0 Å². The molecule has 0 N–H and O–H groups in total. The molecule has 3 aliphatic rings. The molecule has 1 aromatic carbocycles. The van der Waals surface area contributed by atoms with E-state index in [1.807, 2.05) is 6.07 Å². The number of para-hydroxylation sites is 1. The number of methoxy groups -OCH3 is 1. The number of hydrogen-bond acceptors (Lipinski definition) is 3. The molecule has 2 fully saturated rings. The highest BCUT2D eigenvalue weighted by Crippen LogP contribution is 2.43. The zero-order chi connectivity index (χ0) is 15.6. The lowest BCUT2D eigenvalue weighted by Gasteiger charge is -2.37. The third-order valence-corrected chi connectivity index (χ3v) is 5.96. The van der Waals surface area contributed by atoms with Gasteiger partial charge in [0.2, 0.25) is 0 Å². The van der Waals surface area contributed by atoms with Crippen LogP contribution in [0.4, 0.5) is 0 Å². The van der Waals surface area contributed by atoms with Gasteiger partial charge in [0.1, 0.15) is 5.75 Å². The molecule has 1 saturated heterocycles. The fourth-order valence-electron chi connectivity index (χ4n) is 4.64. The number of rotatable bonds is 5. The molecule has 0 radical (unpaired) electrons. The van der Waals surface area contributed by atoms with Crippen LogP contribution in [-0.4, -0.2) is 49.6 Å². The fourth-order valence-corrected chi connectivity index (χ4v) is 4.64. The second-order valence-electron chi connectivity index (χ2n) is 7.43. The summed E-state index contributed by atoms with van der Waals surface area (Å²) in [7, 11) is 1.76. The summed E-state index contributed by atoms with van der Waals surface area (Å²) in [6, 6.07) is 8.40. The molecule has 3 heteroatoms. The van der Waals surface area contributed by atoms with Gasteiger partial charge in [-0.05, 0) is 36.7 Å². The van der Waals surface area contributed by atoms with Crippen LogP contribution >= 0.6 is 0 Å². The smallest absolute Gasteiger partial charge is 0.123 e. The molecule has 23 heavy (non-hydrogen) atoms. The highest BCUT2D eigenvalue weighted by atomic mass is 16.5. The Kier molecular flexibility index (Phi) is 4.41. The lowest BCUT2D eigenvalue weighted by Crippen LogP contribution is -2.47. The molecule has 124 valence electrons. The molecule has 3 atom stereocenters. The van der Waals surface area contributed by atoms with Gasteiger partial charge < -0.3 is 9.64 Å². The second-order valence-corrected chi connectivity index (χ2v) is 7.43. The molecule has 2 aliphatic carbocycles. The molecule has 1 heterocycles. The van der Waals surface area contributed by atoms with Crippen LogP contribution in [0.1, 0.15) is 18.4 Å². The van der Waals surface area contributed by atoms with Gasteiger partial charge in [-0.2, -0.15) is 0 Å². The zero-order valence-electron chi connectivity index (χ0n) is 14.2. The quantitative estimate of drug-likeness (QED) is 0.777. The van der Waals surface area contributed by atoms with Crippen LogP contribution in [0.15, 0.2) is 36.4 Å². The number of ether oxygens (including phenoxy) is 1. The zero-order valence-corrected chi connectivity index (χ0v) is 14.2. The highest BCUT2D eigenvalue weighted by molar-refractivity contribution is 5.33. The summed E-state index contributed by atoms with van der Waals surface area (Å²) in [4.78, 5) is 5.26. The van der Waals surface area contributed by atoms with Crippen molar-refractivity contribution in [2.75, 3.05) is 39.8 Å². The van der Waals surface area contributed by atoms with Gasteiger partial charge in [0, 0.05) is 44.8 Å². The Morgan fingerprint density at radius 3 is 2.48 bits per heavy atom. The summed E-state index contributed by atoms with van der Waals surface area (Å²) in [5.74, 6) is 3.72. The number of benzene rings is 1. The first-order chi connectivity index (χ1) is 11.3. The van der Waals surface area contributed by atoms with Crippen molar-refractivity contribution in [1.82, 2.24) is 9.80 Å². The second kappa shape index (κ2) is 6.66. The molecule has 1 aromatic rings. The topological polar surface area (TPSA) is 15.7 Å². The normalized spacial score (nSPS) is 30.9. The predicted octanol–water partition coefficient (Wildman–Crippen LogP) is 3.03. The minimum absolute atomic E-state index is 0.881. The molecule has 0 unspecified atom stereocenters. The molecule has 2 bridgehead atoms. The van der Waals surface area contributed by atoms with E-state index >= 15 is 0 Å². The first-order valence-corrected chi connectivity index (χ1v) is 9.07. The maximum atomic E-state index is 5.48. The Hall–Kier alpha value is -1.32. The molecule has 0 amide bonds. The summed E-state index contributed by atoms with van der Waals surface area (Å²) < 4.78 is 5.48. The number of piperazine rings is 1. The van der Waals surface area contributed by atoms with E-state index in [4.69, 9.17) is 4.74 Å². The first kappa shape index (κ1) is 15.2. The predicted molar refractivity (Wildman–Crippen MR) is 93.6 cm³/mol. The molecular weight excluding hydrogens is 284 g/mol. The Balaban J connectivity index is 1.27. The van der Waals surface area contributed by atoms with E-state index in [9.17, 15) is 0 Å². The van der Waals surface area contributed by atoms with Crippen LogP contribution in [-0.2, 0) is 6.54 Å². The Bertz CT molecular complexity index is 563. The minimum Gasteiger partial charge on any atom is -0.496 e. The van der Waals surface area contributed by atoms with Gasteiger partial charge in [0.15, 0.2) is 0 Å². The van der Waals surface area contributed by atoms with Crippen LogP contribution in [0.5, 0.6) is 5.75 Å². The van der Waals surface area contributed by atoms with E-state index in [2.05, 4.69) is 40.2 Å². The van der Waals surface area contributed by atoms with Crippen molar-refractivity contribution in [2.45, 2.75) is 19.4 Å². The summed E-state index contributed by atoms with van der Waals surface area (Å²) in [5.41, 5.74) is 1.31. The van der Waals surface area contributed by atoms with Crippen molar-refractivity contribution in [1.29, 1.82) is 0 Å². The lowest BCUT2D eigenvalue weighted by molar-refractivity contribution is 0.108. The summed E-state index contributed by atoms with van der Waals surface area (Å²) in [6.07, 6.45) is 7.80. The average Bonchev–Trinajstić information content (AvgIpc) is 3.20. The Morgan fingerprint density at radius 2 is 1.78 bits per heavy atom. The summed E-state index contributed by atoms with van der Waals surface area (Å²) >= 11 is 0. The van der Waals surface area contributed by atoms with Gasteiger partial charge in [-0.25, -0.2) is 0 Å². The number of fused-ring (bicyclic) bond motifs is 2. The standard InChI is InChI=1S/C20H28N2O/c1-23-20-5-3-2-4-18(20)14-21-8-10-22(11-9-21)15-19-13-16-6-7-17(19)12-16/h2-7,16-17,19H,8-15H2,1H3/t16-,17-,19-/m0/s1. The summed E-state index contributed by atoms with van der Waals surface area (Å²) in [6.45, 7) is 7.10. The SMILES string of the molecule is COc1ccccc1CN1CCN(C[C@@H]2C[C@H]3C=C[C@H]2C3)CC1. The third-order valence-electron chi connectivity index (χ3n) is 5.96. The number of nitrogens with zero attached hydrogens (tertiary/aromatic N) is 2. The van der Waals surface area contributed by atoms with Crippen LogP contribution < -0.4 is 4.74 Å². The van der Waals surface area contributed by atoms with Gasteiger partial charge >= 0.3 is 0 Å². The van der Waals surface area contributed by atoms with Gasteiger partial charge in [0.05, 0.1) is 7.11 Å². The Labute approximate surface area is 139 Å². The Morgan fingerprint density at radius 1 is 1.00 bits per heavy atom. The molecule has 0 spiro atoms. The highest BCUT2D eigenvalue weighted by Gasteiger charge is 2.36. The average molecular weight is 312 g/mol. The maximum absolute atomic E-state index is 5.48. The van der Waals surface area contributed by atoms with Crippen molar-refractivity contribution >= 4 is 0 Å². The molecule has 3 nitrogen and oxygen atoms in total. The van der Waals surface area contributed by atoms with Crippen molar-refractivity contribution in [3.63, 3.8) is 0 Å². The fraction of sp³-hybridized carbons (Fsp3) is 0.600. The largest absolute Gasteiger partial charge is 0.496 e. The van der Waals surface area contributed by atoms with Crippen LogP contribution in [0, 0.1) is 17.8 Å². The molecular formula is C20H28N2O. The monoisotopic (exact) mass is 312 g/mol. The molecule has 4 rings (SSSR count). The maximum Gasteiger partial charge on any atom is 0.123 e. The summed E-state index contributed by atoms with van der Waals surface area (Å²) in [5, 5.41) is 0. The lowest BCUT2D eigenvalue weighted by atomic mass is 9.93. The molecule has 0 aromatic heterocycles. The molecule has 1 aliphatic heterocycles. The van der Waals surface area contributed by atoms with Crippen molar-refractivity contribution in [3.8, 4) is 5.75 Å². The first-order valence-electron chi connectivity index (χ1n) is 9.07. The van der Waals surface area contributed by atoms with Crippen molar-refractivity contribution in [3.05, 3.63) is 42.0 Å². The van der Waals surface area contributed by atoms with E-state index in [1.54, 1.807) is 7.11 Å². The van der Waals surface area contributed by atoms with Crippen LogP contribution in [0.2, 0.25) is 0 Å². The van der Waals surface area contributed by atoms with Crippen LogP contribution in [0.3, 0.4) is 0 Å². The van der Waals surface area contributed by atoms with E-state index < -0.39 is 0 Å². The van der Waals surface area contributed by atoms with Crippen molar-refractivity contribution < 1.29 is 4.74 Å². The number of allylic oxidation sites excluding steroid dienone is 2. The number of hydrogen-bond donors (Lipinski definition) is 0. The minimum atomic E-state index is 0.881. The van der Waals surface area contributed by atoms with Crippen molar-refractivity contribution in [2.24, 2.45) is 17.8 Å². The van der Waals surface area contributed by atoms with E-state index in [0.29, 0.717) is 0 Å². The van der Waals surface area contributed by atoms with E-state index in [-0.39, 0.29) is 0 Å². The van der Waals surface area contributed by atoms with Gasteiger partial charge in [-0.1, -0.05) is 30.4 Å². The van der Waals surface area contributed by atoms with Crippen LogP contribution in [0.25, 0.3) is 0 Å². The van der Waals surface area contributed by atoms with Gasteiger partial charge in [-0.3, -0.25) is 4.90 Å². The van der Waals surface area contributed by atoms with Gasteiger partial charge in [0.25, 0.3) is 0 Å². The van der Waals surface area contributed by atoms with E-state index in [0.717, 1.165) is 30.0 Å². The third kappa shape index (κ3) is 3.31. The molecule has 1 saturated carbocycles. The van der Waals surface area contributed by atoms with E-state index in [1.165, 1.54) is 51.1 Å².